The summed E-state index contributed by atoms with van der Waals surface area (Å²) < 4.78 is 0. The maximum atomic E-state index is 13.4. The molecule has 0 bridgehead atoms. The van der Waals surface area contributed by atoms with Crippen LogP contribution in [0.15, 0.2) is 66.7 Å². The molecule has 1 fully saturated rings. The fourth-order valence-electron chi connectivity index (χ4n) is 4.51. The van der Waals surface area contributed by atoms with Gasteiger partial charge in [0, 0.05) is 26.3 Å². The van der Waals surface area contributed by atoms with Crippen molar-refractivity contribution in [2.24, 2.45) is 0 Å². The summed E-state index contributed by atoms with van der Waals surface area (Å²) in [6, 6.07) is 20.9. The number of halogens is 2. The predicted octanol–water partition coefficient (Wildman–Crippen LogP) is 6.10. The van der Waals surface area contributed by atoms with Crippen molar-refractivity contribution in [2.75, 3.05) is 45.2 Å². The van der Waals surface area contributed by atoms with Gasteiger partial charge in [-0.25, -0.2) is 0 Å². The van der Waals surface area contributed by atoms with Gasteiger partial charge in [-0.1, -0.05) is 59.6 Å². The van der Waals surface area contributed by atoms with Gasteiger partial charge in [0.1, 0.15) is 5.75 Å². The first-order valence-corrected chi connectivity index (χ1v) is 12.6. The molecule has 3 aromatic carbocycles. The number of aromatic hydroxyl groups is 1. The summed E-state index contributed by atoms with van der Waals surface area (Å²) in [5.74, 6) is 0.285. The first-order valence-electron chi connectivity index (χ1n) is 11.9. The van der Waals surface area contributed by atoms with Crippen molar-refractivity contribution in [3.63, 3.8) is 0 Å². The van der Waals surface area contributed by atoms with Crippen LogP contribution in [0.25, 0.3) is 11.1 Å². The molecule has 1 unspecified atom stereocenters. The van der Waals surface area contributed by atoms with Crippen LogP contribution in [0.1, 0.15) is 24.4 Å². The molecule has 0 spiro atoms. The molecule has 1 heterocycles. The SMILES string of the molecule is CN(CC(=O)N(C)C(CN1CCCC1)c1ccc(-c2ccc(O)cc2)cc1)c1ccc(Cl)c(Cl)c1. The fourth-order valence-corrected chi connectivity index (χ4v) is 4.81. The predicted molar refractivity (Wildman–Crippen MR) is 144 cm³/mol. The molecule has 1 aliphatic heterocycles. The number of amides is 1. The quantitative estimate of drug-likeness (QED) is 0.397. The van der Waals surface area contributed by atoms with Gasteiger partial charge in [0.25, 0.3) is 0 Å². The van der Waals surface area contributed by atoms with E-state index in [-0.39, 0.29) is 24.2 Å². The number of likely N-dealkylation sites (tertiary alicyclic amines) is 1. The van der Waals surface area contributed by atoms with Crippen molar-refractivity contribution in [2.45, 2.75) is 18.9 Å². The molecule has 1 amide bonds. The lowest BCUT2D eigenvalue weighted by Gasteiger charge is -2.33. The molecule has 3 aromatic rings. The van der Waals surface area contributed by atoms with E-state index in [9.17, 15) is 9.90 Å². The molecule has 0 saturated carbocycles. The molecule has 1 atom stereocenters. The highest BCUT2D eigenvalue weighted by atomic mass is 35.5. The Hall–Kier alpha value is -2.73. The molecule has 1 aliphatic rings. The van der Waals surface area contributed by atoms with Crippen molar-refractivity contribution < 1.29 is 9.90 Å². The summed E-state index contributed by atoms with van der Waals surface area (Å²) in [5, 5.41) is 10.5. The Morgan fingerprint density at radius 2 is 1.51 bits per heavy atom. The van der Waals surface area contributed by atoms with Crippen LogP contribution >= 0.6 is 23.2 Å². The van der Waals surface area contributed by atoms with E-state index in [1.165, 1.54) is 12.8 Å². The molecule has 0 radical (unpaired) electrons. The van der Waals surface area contributed by atoms with E-state index in [2.05, 4.69) is 29.2 Å². The van der Waals surface area contributed by atoms with Crippen molar-refractivity contribution in [1.82, 2.24) is 9.80 Å². The van der Waals surface area contributed by atoms with E-state index in [1.54, 1.807) is 24.3 Å². The second kappa shape index (κ2) is 11.3. The van der Waals surface area contributed by atoms with Gasteiger partial charge in [-0.15, -0.1) is 0 Å². The van der Waals surface area contributed by atoms with Crippen LogP contribution in [0.2, 0.25) is 10.0 Å². The number of anilines is 1. The number of hydrogen-bond acceptors (Lipinski definition) is 4. The van der Waals surface area contributed by atoms with Crippen molar-refractivity contribution in [3.8, 4) is 16.9 Å². The molecule has 184 valence electrons. The van der Waals surface area contributed by atoms with Gasteiger partial charge in [-0.2, -0.15) is 0 Å². The summed E-state index contributed by atoms with van der Waals surface area (Å²) in [5.41, 5.74) is 4.06. The van der Waals surface area contributed by atoms with Gasteiger partial charge in [-0.05, 0) is 73.0 Å². The molecule has 7 heteroatoms. The van der Waals surface area contributed by atoms with Gasteiger partial charge < -0.3 is 19.8 Å². The highest BCUT2D eigenvalue weighted by molar-refractivity contribution is 6.42. The summed E-state index contributed by atoms with van der Waals surface area (Å²) in [6.07, 6.45) is 2.40. The van der Waals surface area contributed by atoms with E-state index < -0.39 is 0 Å². The van der Waals surface area contributed by atoms with Gasteiger partial charge >= 0.3 is 0 Å². The normalized spacial score (nSPS) is 14.6. The highest BCUT2D eigenvalue weighted by Crippen LogP contribution is 2.29. The number of carbonyl (C=O) groups is 1. The zero-order valence-electron chi connectivity index (χ0n) is 20.1. The van der Waals surface area contributed by atoms with Crippen molar-refractivity contribution in [1.29, 1.82) is 0 Å². The van der Waals surface area contributed by atoms with Crippen LogP contribution in [-0.4, -0.2) is 61.1 Å². The third-order valence-electron chi connectivity index (χ3n) is 6.70. The van der Waals surface area contributed by atoms with Gasteiger partial charge in [0.15, 0.2) is 0 Å². The largest absolute Gasteiger partial charge is 0.508 e. The van der Waals surface area contributed by atoms with Crippen LogP contribution in [-0.2, 0) is 4.79 Å². The topological polar surface area (TPSA) is 47.0 Å². The van der Waals surface area contributed by atoms with Crippen molar-refractivity contribution in [3.05, 3.63) is 82.3 Å². The van der Waals surface area contributed by atoms with Crippen molar-refractivity contribution >= 4 is 34.8 Å². The van der Waals surface area contributed by atoms with E-state index in [0.29, 0.717) is 10.0 Å². The standard InChI is InChI=1S/C28H31Cl2N3O2/c1-31(23-11-14-25(29)26(30)17-23)19-28(35)32(2)27(18-33-15-3-4-16-33)22-7-5-20(6-8-22)21-9-12-24(34)13-10-21/h5-14,17,27,34H,3-4,15-16,18-19H2,1-2H3. The molecule has 1 saturated heterocycles. The van der Waals surface area contributed by atoms with Gasteiger partial charge in [0.2, 0.25) is 5.91 Å². The first kappa shape index (κ1) is 25.4. The second-order valence-corrected chi connectivity index (χ2v) is 9.97. The zero-order chi connectivity index (χ0) is 24.9. The monoisotopic (exact) mass is 511 g/mol. The Bertz CT molecular complexity index is 1150. The number of phenols is 1. The number of likely N-dealkylation sites (N-methyl/N-ethyl adjacent to an activating group) is 2. The third kappa shape index (κ3) is 6.29. The highest BCUT2D eigenvalue weighted by Gasteiger charge is 2.26. The number of nitrogens with zero attached hydrogens (tertiary/aromatic N) is 3. The molecule has 4 rings (SSSR count). The van der Waals surface area contributed by atoms with Crippen LogP contribution in [0.3, 0.4) is 0 Å². The molecule has 0 aromatic heterocycles. The van der Waals surface area contributed by atoms with E-state index in [4.69, 9.17) is 23.2 Å². The Morgan fingerprint density at radius 3 is 2.11 bits per heavy atom. The lowest BCUT2D eigenvalue weighted by molar-refractivity contribution is -0.131. The number of carbonyl (C=O) groups excluding carboxylic acids is 1. The molecular formula is C28H31Cl2N3O2. The maximum absolute atomic E-state index is 13.4. The Balaban J connectivity index is 1.52. The lowest BCUT2D eigenvalue weighted by atomic mass is 9.99. The third-order valence-corrected chi connectivity index (χ3v) is 7.44. The number of rotatable bonds is 8. The molecule has 1 N–H and O–H groups in total. The molecule has 5 nitrogen and oxygen atoms in total. The van der Waals surface area contributed by atoms with Crippen LogP contribution < -0.4 is 4.90 Å². The molecule has 35 heavy (non-hydrogen) atoms. The Kier molecular flexibility index (Phi) is 8.22. The maximum Gasteiger partial charge on any atom is 0.242 e. The average Bonchev–Trinajstić information content (AvgIpc) is 3.38. The van der Waals surface area contributed by atoms with Gasteiger partial charge in [0.05, 0.1) is 22.6 Å². The molecular weight excluding hydrogens is 481 g/mol. The Morgan fingerprint density at radius 1 is 0.914 bits per heavy atom. The van der Waals surface area contributed by atoms with Crippen LogP contribution in [0, 0.1) is 0 Å². The number of phenolic OH excluding ortho intramolecular Hbond substituents is 1. The average molecular weight is 512 g/mol. The minimum atomic E-state index is -0.0586. The minimum absolute atomic E-state index is 0.0328. The summed E-state index contributed by atoms with van der Waals surface area (Å²) in [6.45, 7) is 3.16. The lowest BCUT2D eigenvalue weighted by Crippen LogP contribution is -2.42. The second-order valence-electron chi connectivity index (χ2n) is 9.15. The zero-order valence-corrected chi connectivity index (χ0v) is 21.6. The first-order chi connectivity index (χ1) is 16.8. The Labute approximate surface area is 217 Å². The smallest absolute Gasteiger partial charge is 0.242 e. The van der Waals surface area contributed by atoms with E-state index >= 15 is 0 Å². The minimum Gasteiger partial charge on any atom is -0.508 e. The van der Waals surface area contributed by atoms with Gasteiger partial charge in [-0.3, -0.25) is 4.79 Å². The summed E-state index contributed by atoms with van der Waals surface area (Å²) in [7, 11) is 3.77. The van der Waals surface area contributed by atoms with E-state index in [0.717, 1.165) is 42.0 Å². The fraction of sp³-hybridized carbons (Fsp3) is 0.321. The summed E-state index contributed by atoms with van der Waals surface area (Å²) in [4.78, 5) is 19.6. The number of hydrogen-bond donors (Lipinski definition) is 1. The van der Waals surface area contributed by atoms with Crippen LogP contribution in [0.4, 0.5) is 5.69 Å². The molecule has 0 aliphatic carbocycles. The van der Waals surface area contributed by atoms with E-state index in [1.807, 2.05) is 42.1 Å². The van der Waals surface area contributed by atoms with Crippen LogP contribution in [0.5, 0.6) is 5.75 Å². The number of benzene rings is 3. The summed E-state index contributed by atoms with van der Waals surface area (Å²) >= 11 is 12.2.